The molecule has 0 aromatic rings. The first-order valence-electron chi connectivity index (χ1n) is 3.99. The maximum absolute atomic E-state index is 5.38. The summed E-state index contributed by atoms with van der Waals surface area (Å²) >= 11 is 0. The van der Waals surface area contributed by atoms with Gasteiger partial charge in [0, 0.05) is 0 Å². The second kappa shape index (κ2) is 6.66. The molecule has 0 spiro atoms. The molecule has 0 unspecified atom stereocenters. The van der Waals surface area contributed by atoms with Crippen molar-refractivity contribution in [1.82, 2.24) is 0 Å². The fraction of sp³-hybridized carbons (Fsp3) is 0.556. The summed E-state index contributed by atoms with van der Waals surface area (Å²) in [6.45, 7) is 4.00. The van der Waals surface area contributed by atoms with E-state index < -0.39 is 0 Å². The molecule has 0 aromatic carbocycles. The summed E-state index contributed by atoms with van der Waals surface area (Å²) in [6, 6.07) is 0. The summed E-state index contributed by atoms with van der Waals surface area (Å²) in [6.07, 6.45) is 9.51. The van der Waals surface area contributed by atoms with Crippen LogP contribution in [0.15, 0.2) is 23.8 Å². The number of hydrogen-bond donors (Lipinski definition) is 0. The largest absolute Gasteiger partial charge is 0.0840 e. The minimum Gasteiger partial charge on any atom is -0.0840 e. The van der Waals surface area contributed by atoms with Crippen LogP contribution in [0.3, 0.4) is 0 Å². The molecule has 0 saturated heterocycles. The molecule has 0 heterocycles. The molecule has 2 radical (unpaired) electrons. The van der Waals surface area contributed by atoms with Gasteiger partial charge in [0.15, 0.2) is 0 Å². The number of hydrogen-bond acceptors (Lipinski definition) is 0. The Balaban J connectivity index is 0.000000371. The summed E-state index contributed by atoms with van der Waals surface area (Å²) < 4.78 is 0. The molecular formula is C9H15B. The van der Waals surface area contributed by atoms with Gasteiger partial charge < -0.3 is 0 Å². The fourth-order valence-electron chi connectivity index (χ4n) is 0.819. The van der Waals surface area contributed by atoms with Crippen molar-refractivity contribution in [2.75, 3.05) is 0 Å². The van der Waals surface area contributed by atoms with Gasteiger partial charge in [-0.15, -0.1) is 0 Å². The van der Waals surface area contributed by atoms with Crippen molar-refractivity contribution < 1.29 is 0 Å². The third-order valence-corrected chi connectivity index (χ3v) is 1.31. The lowest BCUT2D eigenvalue weighted by Gasteiger charge is -2.01. The van der Waals surface area contributed by atoms with Crippen LogP contribution in [0.5, 0.6) is 0 Å². The first-order chi connectivity index (χ1) is 4.93. The van der Waals surface area contributed by atoms with Crippen LogP contribution in [0, 0.1) is 0 Å². The van der Waals surface area contributed by atoms with Gasteiger partial charge in [-0.2, -0.15) is 0 Å². The molecule has 0 fully saturated rings. The van der Waals surface area contributed by atoms with Crippen molar-refractivity contribution in [3.63, 3.8) is 0 Å². The minimum absolute atomic E-state index is 0.691. The Hall–Kier alpha value is -0.455. The fourth-order valence-corrected chi connectivity index (χ4v) is 0.819. The second-order valence-electron chi connectivity index (χ2n) is 1.96. The smallest absolute Gasteiger partial charge is 0.0716 e. The maximum Gasteiger partial charge on any atom is 0.0716 e. The van der Waals surface area contributed by atoms with Crippen LogP contribution in [0.4, 0.5) is 0 Å². The average Bonchev–Trinajstić information content (AvgIpc) is 2.10. The van der Waals surface area contributed by atoms with E-state index in [1.807, 2.05) is 13.8 Å². The summed E-state index contributed by atoms with van der Waals surface area (Å²) in [5, 5.41) is 0. The zero-order chi connectivity index (χ0) is 7.82. The molecule has 1 aliphatic rings. The van der Waals surface area contributed by atoms with Crippen molar-refractivity contribution in [3.8, 4) is 0 Å². The monoisotopic (exact) mass is 134 g/mol. The molecule has 0 nitrogen and oxygen atoms in total. The Kier molecular flexibility index (Phi) is 6.36. The van der Waals surface area contributed by atoms with E-state index in [9.17, 15) is 0 Å². The Bertz CT molecular complexity index is 123. The van der Waals surface area contributed by atoms with Gasteiger partial charge in [-0.25, -0.2) is 0 Å². The van der Waals surface area contributed by atoms with E-state index in [1.165, 1.54) is 18.4 Å². The van der Waals surface area contributed by atoms with Crippen LogP contribution in [0.2, 0.25) is 6.32 Å². The van der Waals surface area contributed by atoms with Crippen LogP contribution in [-0.4, -0.2) is 7.85 Å². The van der Waals surface area contributed by atoms with E-state index in [0.29, 0.717) is 6.32 Å². The highest BCUT2D eigenvalue weighted by Gasteiger charge is 1.90. The molecule has 0 aromatic heterocycles. The van der Waals surface area contributed by atoms with Crippen LogP contribution in [-0.2, 0) is 0 Å². The van der Waals surface area contributed by atoms with Gasteiger partial charge in [0.25, 0.3) is 0 Å². The third kappa shape index (κ3) is 3.55. The van der Waals surface area contributed by atoms with Gasteiger partial charge >= 0.3 is 0 Å². The normalized spacial score (nSPS) is 15.2. The zero-order valence-corrected chi connectivity index (χ0v) is 6.93. The Morgan fingerprint density at radius 2 is 2.10 bits per heavy atom. The lowest BCUT2D eigenvalue weighted by molar-refractivity contribution is 1.02. The lowest BCUT2D eigenvalue weighted by atomic mass is 9.93. The van der Waals surface area contributed by atoms with E-state index in [1.54, 1.807) is 0 Å². The van der Waals surface area contributed by atoms with Gasteiger partial charge in [0.05, 0.1) is 7.85 Å². The third-order valence-electron chi connectivity index (χ3n) is 1.31. The highest BCUT2D eigenvalue weighted by Crippen LogP contribution is 2.10. The van der Waals surface area contributed by atoms with E-state index in [4.69, 9.17) is 7.85 Å². The van der Waals surface area contributed by atoms with Crippen molar-refractivity contribution in [1.29, 1.82) is 0 Å². The minimum atomic E-state index is 0.691. The maximum atomic E-state index is 5.38. The molecule has 0 atom stereocenters. The molecule has 0 aliphatic heterocycles. The van der Waals surface area contributed by atoms with Crippen LogP contribution in [0.1, 0.15) is 26.7 Å². The molecule has 10 heavy (non-hydrogen) atoms. The highest BCUT2D eigenvalue weighted by molar-refractivity contribution is 6.10. The van der Waals surface area contributed by atoms with Crippen LogP contribution in [0.25, 0.3) is 0 Å². The summed E-state index contributed by atoms with van der Waals surface area (Å²) in [5.41, 5.74) is 1.27. The number of allylic oxidation sites excluding steroid dienone is 4. The highest BCUT2D eigenvalue weighted by atomic mass is 13.9. The first kappa shape index (κ1) is 9.54. The SMILES string of the molecule is CC.[B]CC1=CCCC=C1. The van der Waals surface area contributed by atoms with E-state index in [0.717, 1.165) is 0 Å². The summed E-state index contributed by atoms with van der Waals surface area (Å²) in [5.74, 6) is 0. The van der Waals surface area contributed by atoms with Crippen molar-refractivity contribution >= 4 is 7.85 Å². The van der Waals surface area contributed by atoms with E-state index in [2.05, 4.69) is 18.2 Å². The zero-order valence-electron chi connectivity index (χ0n) is 6.93. The molecule has 1 rings (SSSR count). The standard InChI is InChI=1S/C7H9B.C2H6/c8-6-7-4-2-1-3-5-7;1-2/h2,4-5H,1,3,6H2;1-2H3. The van der Waals surface area contributed by atoms with Gasteiger partial charge in [-0.05, 0) is 12.8 Å². The summed E-state index contributed by atoms with van der Waals surface area (Å²) in [7, 11) is 5.38. The van der Waals surface area contributed by atoms with Gasteiger partial charge in [-0.3, -0.25) is 0 Å². The molecule has 54 valence electrons. The molecule has 0 N–H and O–H groups in total. The van der Waals surface area contributed by atoms with Gasteiger partial charge in [-0.1, -0.05) is 44.0 Å². The van der Waals surface area contributed by atoms with Gasteiger partial charge in [0.1, 0.15) is 0 Å². The van der Waals surface area contributed by atoms with Gasteiger partial charge in [0.2, 0.25) is 0 Å². The van der Waals surface area contributed by atoms with E-state index >= 15 is 0 Å². The average molecular weight is 134 g/mol. The summed E-state index contributed by atoms with van der Waals surface area (Å²) in [4.78, 5) is 0. The molecule has 0 bridgehead atoms. The lowest BCUT2D eigenvalue weighted by Crippen LogP contribution is -1.82. The molecule has 1 heteroatoms. The first-order valence-corrected chi connectivity index (χ1v) is 3.99. The number of rotatable bonds is 1. The second-order valence-corrected chi connectivity index (χ2v) is 1.96. The predicted molar refractivity (Wildman–Crippen MR) is 48.4 cm³/mol. The van der Waals surface area contributed by atoms with E-state index in [-0.39, 0.29) is 0 Å². The van der Waals surface area contributed by atoms with Crippen molar-refractivity contribution in [2.24, 2.45) is 0 Å². The Labute approximate surface area is 65.4 Å². The van der Waals surface area contributed by atoms with Crippen molar-refractivity contribution in [3.05, 3.63) is 23.8 Å². The molecular weight excluding hydrogens is 119 g/mol. The van der Waals surface area contributed by atoms with Crippen LogP contribution >= 0.6 is 0 Å². The van der Waals surface area contributed by atoms with Crippen molar-refractivity contribution in [2.45, 2.75) is 33.0 Å². The van der Waals surface area contributed by atoms with Crippen LogP contribution < -0.4 is 0 Å². The Morgan fingerprint density at radius 3 is 2.40 bits per heavy atom. The quantitative estimate of drug-likeness (QED) is 0.483. The topological polar surface area (TPSA) is 0 Å². The predicted octanol–water partition coefficient (Wildman–Crippen LogP) is 2.88. The molecule has 0 amide bonds. The molecule has 1 aliphatic carbocycles. The Morgan fingerprint density at radius 1 is 1.40 bits per heavy atom. The molecule has 0 saturated carbocycles.